The zero-order valence-electron chi connectivity index (χ0n) is 5.49. The van der Waals surface area contributed by atoms with Crippen molar-refractivity contribution in [2.75, 3.05) is 0 Å². The lowest BCUT2D eigenvalue weighted by Crippen LogP contribution is -1.97. The maximum Gasteiger partial charge on any atom is 0.268 e. The van der Waals surface area contributed by atoms with Crippen LogP contribution in [0.3, 0.4) is 0 Å². The Morgan fingerprint density at radius 3 is 2.33 bits per heavy atom. The topological polar surface area (TPSA) is 12.9 Å². The second-order valence-electron chi connectivity index (χ2n) is 1.94. The quantitative estimate of drug-likeness (QED) is 0.501. The molecule has 0 aliphatic heterocycles. The Morgan fingerprint density at radius 1 is 1.25 bits per heavy atom. The van der Waals surface area contributed by atoms with Gasteiger partial charge in [-0.25, -0.2) is 8.78 Å². The largest absolute Gasteiger partial charge is 0.268 e. The molecule has 0 N–H and O–H groups in total. The lowest BCUT2D eigenvalue weighted by atomic mass is 10.3. The first-order valence-corrected chi connectivity index (χ1v) is 3.19. The number of hydrogen-bond donors (Lipinski definition) is 0. The third kappa shape index (κ3) is 1.66. The number of pyridine rings is 1. The van der Waals surface area contributed by atoms with Gasteiger partial charge in [0.2, 0.25) is 11.9 Å². The molecule has 1 rings (SSSR count). The monoisotopic (exact) mass is 199 g/mol. The van der Waals surface area contributed by atoms with Gasteiger partial charge in [-0.05, 0) is 6.07 Å². The second-order valence-corrected chi connectivity index (χ2v) is 2.35. The van der Waals surface area contributed by atoms with Crippen LogP contribution in [0.5, 0.6) is 0 Å². The molecule has 0 spiro atoms. The van der Waals surface area contributed by atoms with Gasteiger partial charge < -0.3 is 0 Å². The molecule has 66 valence electrons. The van der Waals surface area contributed by atoms with Crippen molar-refractivity contribution in [3.05, 3.63) is 28.5 Å². The first kappa shape index (κ1) is 9.25. The fourth-order valence-electron chi connectivity index (χ4n) is 0.613. The summed E-state index contributed by atoms with van der Waals surface area (Å²) in [5.74, 6) is -2.83. The summed E-state index contributed by atoms with van der Waals surface area (Å²) in [6, 6.07) is 0.518. The van der Waals surface area contributed by atoms with Gasteiger partial charge in [0.15, 0.2) is 0 Å². The van der Waals surface area contributed by atoms with Crippen LogP contribution >= 0.6 is 11.6 Å². The van der Waals surface area contributed by atoms with Gasteiger partial charge in [0.05, 0.1) is 10.6 Å². The van der Waals surface area contributed by atoms with Crippen LogP contribution in [0.15, 0.2) is 6.07 Å². The van der Waals surface area contributed by atoms with Crippen molar-refractivity contribution in [2.24, 2.45) is 0 Å². The third-order valence-corrected chi connectivity index (χ3v) is 1.41. The molecular formula is C6H2ClF4N. The van der Waals surface area contributed by atoms with E-state index in [4.69, 9.17) is 11.6 Å². The summed E-state index contributed by atoms with van der Waals surface area (Å²) in [5.41, 5.74) is -0.999. The molecule has 0 aromatic carbocycles. The van der Waals surface area contributed by atoms with E-state index in [2.05, 4.69) is 4.98 Å². The van der Waals surface area contributed by atoms with Crippen LogP contribution in [0, 0.1) is 11.9 Å². The Kier molecular flexibility index (Phi) is 2.52. The Balaban J connectivity index is 3.23. The molecule has 0 aliphatic rings. The molecule has 1 aromatic rings. The minimum Gasteiger partial charge on any atom is -0.205 e. The van der Waals surface area contributed by atoms with E-state index in [1.165, 1.54) is 0 Å². The minimum absolute atomic E-state index is 0.518. The van der Waals surface area contributed by atoms with Crippen LogP contribution in [0.4, 0.5) is 17.6 Å². The second kappa shape index (κ2) is 3.26. The first-order chi connectivity index (χ1) is 5.52. The van der Waals surface area contributed by atoms with Crippen molar-refractivity contribution in [3.8, 4) is 0 Å². The highest BCUT2D eigenvalue weighted by atomic mass is 35.5. The van der Waals surface area contributed by atoms with E-state index in [0.29, 0.717) is 6.07 Å². The Morgan fingerprint density at radius 2 is 1.83 bits per heavy atom. The highest BCUT2D eigenvalue weighted by molar-refractivity contribution is 6.30. The molecule has 0 saturated heterocycles. The Labute approximate surface area is 70.0 Å². The number of nitrogens with zero attached hydrogens (tertiary/aromatic N) is 1. The standard InChI is InChI=1S/C6H2ClF4N/c7-3-1-2(4(8)9)5(10)12-6(3)11/h1,4H. The highest BCUT2D eigenvalue weighted by Gasteiger charge is 2.17. The molecule has 0 bridgehead atoms. The number of rotatable bonds is 1. The van der Waals surface area contributed by atoms with Gasteiger partial charge in [-0.3, -0.25) is 0 Å². The van der Waals surface area contributed by atoms with Crippen LogP contribution in [0.25, 0.3) is 0 Å². The first-order valence-electron chi connectivity index (χ1n) is 2.82. The van der Waals surface area contributed by atoms with E-state index >= 15 is 0 Å². The van der Waals surface area contributed by atoms with Crippen molar-refractivity contribution in [1.29, 1.82) is 0 Å². The van der Waals surface area contributed by atoms with E-state index in [-0.39, 0.29) is 0 Å². The van der Waals surface area contributed by atoms with Crippen molar-refractivity contribution < 1.29 is 17.6 Å². The average Bonchev–Trinajstić information content (AvgIpc) is 1.96. The minimum atomic E-state index is -3.05. The summed E-state index contributed by atoms with van der Waals surface area (Å²) in [4.78, 5) is 2.55. The van der Waals surface area contributed by atoms with Crippen LogP contribution in [-0.4, -0.2) is 4.98 Å². The van der Waals surface area contributed by atoms with Gasteiger partial charge in [-0.1, -0.05) is 11.6 Å². The smallest absolute Gasteiger partial charge is 0.205 e. The molecule has 0 atom stereocenters. The summed E-state index contributed by atoms with van der Waals surface area (Å²) in [5, 5.41) is -0.619. The maximum atomic E-state index is 12.4. The zero-order valence-corrected chi connectivity index (χ0v) is 6.25. The molecule has 0 fully saturated rings. The van der Waals surface area contributed by atoms with E-state index in [1.807, 2.05) is 0 Å². The predicted octanol–water partition coefficient (Wildman–Crippen LogP) is 2.95. The SMILES string of the molecule is Fc1nc(F)c(C(F)F)cc1Cl. The van der Waals surface area contributed by atoms with Crippen LogP contribution in [0.1, 0.15) is 12.0 Å². The molecule has 0 aliphatic carbocycles. The van der Waals surface area contributed by atoms with E-state index in [0.717, 1.165) is 0 Å². The lowest BCUT2D eigenvalue weighted by molar-refractivity contribution is 0.144. The molecule has 1 nitrogen and oxygen atoms in total. The molecule has 6 heteroatoms. The van der Waals surface area contributed by atoms with Crippen molar-refractivity contribution in [2.45, 2.75) is 6.43 Å². The highest BCUT2D eigenvalue weighted by Crippen LogP contribution is 2.24. The summed E-state index contributed by atoms with van der Waals surface area (Å²) in [6.07, 6.45) is -3.05. The molecular weight excluding hydrogens is 198 g/mol. The summed E-state index contributed by atoms with van der Waals surface area (Å²) in [7, 11) is 0. The van der Waals surface area contributed by atoms with Gasteiger partial charge in [-0.2, -0.15) is 13.8 Å². The Bertz CT molecular complexity index is 302. The number of aromatic nitrogens is 1. The van der Waals surface area contributed by atoms with Crippen molar-refractivity contribution >= 4 is 11.6 Å². The van der Waals surface area contributed by atoms with Gasteiger partial charge in [0, 0.05) is 0 Å². The molecule has 1 aromatic heterocycles. The van der Waals surface area contributed by atoms with Crippen LogP contribution in [0.2, 0.25) is 5.02 Å². The fraction of sp³-hybridized carbons (Fsp3) is 0.167. The predicted molar refractivity (Wildman–Crippen MR) is 34.1 cm³/mol. The number of hydrogen-bond acceptors (Lipinski definition) is 1. The molecule has 12 heavy (non-hydrogen) atoms. The third-order valence-electron chi connectivity index (χ3n) is 1.15. The van der Waals surface area contributed by atoms with E-state index in [9.17, 15) is 17.6 Å². The molecule has 0 radical (unpaired) electrons. The Hall–Kier alpha value is -0.840. The summed E-state index contributed by atoms with van der Waals surface area (Å²) < 4.78 is 48.4. The van der Waals surface area contributed by atoms with Gasteiger partial charge >= 0.3 is 0 Å². The van der Waals surface area contributed by atoms with Crippen molar-refractivity contribution in [3.63, 3.8) is 0 Å². The lowest BCUT2D eigenvalue weighted by Gasteiger charge is -2.01. The number of halogens is 5. The fourth-order valence-corrected chi connectivity index (χ4v) is 0.773. The van der Waals surface area contributed by atoms with Crippen LogP contribution < -0.4 is 0 Å². The molecule has 0 unspecified atom stereocenters. The van der Waals surface area contributed by atoms with E-state index in [1.54, 1.807) is 0 Å². The number of alkyl halides is 2. The van der Waals surface area contributed by atoms with Gasteiger partial charge in [0.1, 0.15) is 0 Å². The van der Waals surface area contributed by atoms with Gasteiger partial charge in [0.25, 0.3) is 6.43 Å². The zero-order chi connectivity index (χ0) is 9.30. The van der Waals surface area contributed by atoms with Gasteiger partial charge in [-0.15, -0.1) is 0 Å². The molecule has 1 heterocycles. The molecule has 0 amide bonds. The summed E-state index contributed by atoms with van der Waals surface area (Å²) in [6.45, 7) is 0. The summed E-state index contributed by atoms with van der Waals surface area (Å²) >= 11 is 5.09. The molecule has 0 saturated carbocycles. The normalized spacial score (nSPS) is 10.8. The maximum absolute atomic E-state index is 12.4. The van der Waals surface area contributed by atoms with E-state index < -0.39 is 28.9 Å². The van der Waals surface area contributed by atoms with Crippen molar-refractivity contribution in [1.82, 2.24) is 4.98 Å². The average molecular weight is 200 g/mol. The van der Waals surface area contributed by atoms with Crippen LogP contribution in [-0.2, 0) is 0 Å².